The number of quaternary nitrogens is 1. The summed E-state index contributed by atoms with van der Waals surface area (Å²) in [7, 11) is -3.88. The van der Waals surface area contributed by atoms with Crippen LogP contribution in [0.2, 0.25) is 0 Å². The molecule has 19 heavy (non-hydrogen) atoms. The molecule has 7 nitrogen and oxygen atoms in total. The molecule has 0 aromatic rings. The summed E-state index contributed by atoms with van der Waals surface area (Å²) in [5, 5.41) is 0. The van der Waals surface area contributed by atoms with Gasteiger partial charge in [-0.2, -0.15) is 8.42 Å². The average molecular weight is 297 g/mol. The van der Waals surface area contributed by atoms with Gasteiger partial charge in [0.05, 0.1) is 25.4 Å². The quantitative estimate of drug-likeness (QED) is 0.349. The molecule has 0 aliphatic heterocycles. The van der Waals surface area contributed by atoms with Crippen LogP contribution in [0.3, 0.4) is 0 Å². The van der Waals surface area contributed by atoms with Gasteiger partial charge < -0.3 is 15.0 Å². The molecule has 0 unspecified atom stereocenters. The number of hydrogen-bond acceptors (Lipinski definition) is 4. The maximum Gasteiger partial charge on any atom is 0.404 e. The summed E-state index contributed by atoms with van der Waals surface area (Å²) in [6.07, 6.45) is 0.338. The Morgan fingerprint density at radius 1 is 1.21 bits per heavy atom. The Labute approximate surface area is 115 Å². The van der Waals surface area contributed by atoms with Gasteiger partial charge in [0.2, 0.25) is 0 Å². The molecule has 8 heteroatoms. The molecule has 0 rings (SSSR count). The van der Waals surface area contributed by atoms with Gasteiger partial charge in [0.15, 0.2) is 0 Å². The molecule has 0 bridgehead atoms. The lowest BCUT2D eigenvalue weighted by molar-refractivity contribution is -0.925. The van der Waals surface area contributed by atoms with Gasteiger partial charge in [0, 0.05) is 0 Å². The second kappa shape index (κ2) is 8.34. The number of unbranched alkanes of at least 4 members (excludes halogenated alkanes) is 1. The highest BCUT2D eigenvalue weighted by Gasteiger charge is 2.23. The average Bonchev–Trinajstić information content (AvgIpc) is 2.31. The van der Waals surface area contributed by atoms with Crippen molar-refractivity contribution in [3.63, 3.8) is 0 Å². The van der Waals surface area contributed by atoms with Crippen LogP contribution < -0.4 is 5.73 Å². The number of rotatable bonds is 10. The second-order valence-electron chi connectivity index (χ2n) is 4.58. The number of hydrogen-bond donors (Lipinski definition) is 2. The maximum atomic E-state index is 10.6. The molecular formula is C11H25N2O5S+. The molecule has 0 aromatic heterocycles. The van der Waals surface area contributed by atoms with Gasteiger partial charge in [-0.1, -0.05) is 0 Å². The molecule has 0 saturated heterocycles. The molecule has 0 spiro atoms. The van der Waals surface area contributed by atoms with Crippen LogP contribution in [0.1, 0.15) is 26.7 Å². The van der Waals surface area contributed by atoms with E-state index in [0.29, 0.717) is 19.4 Å². The third-order valence-electron chi connectivity index (χ3n) is 3.44. The van der Waals surface area contributed by atoms with E-state index in [2.05, 4.69) is 0 Å². The van der Waals surface area contributed by atoms with Crippen LogP contribution in [0.25, 0.3) is 0 Å². The number of likely N-dealkylation sites (N-methyl/N-ethyl adjacent to an activating group) is 1. The van der Waals surface area contributed by atoms with E-state index in [1.165, 1.54) is 0 Å². The second-order valence-corrected chi connectivity index (χ2v) is 6.15. The molecule has 0 aromatic carbocycles. The molecule has 0 atom stereocenters. The van der Waals surface area contributed by atoms with Crippen molar-refractivity contribution < 1.29 is 27.0 Å². The van der Waals surface area contributed by atoms with E-state index in [-0.39, 0.29) is 12.4 Å². The fraction of sp³-hybridized carbons (Fsp3) is 0.909. The number of nitrogens with two attached hydrogens (primary N) is 1. The zero-order chi connectivity index (χ0) is 14.9. The van der Waals surface area contributed by atoms with E-state index < -0.39 is 16.2 Å². The standard InChI is InChI=1S/C11H24N2O5S/c1-3-13(4-2,8-9-18-11(12)14)7-5-6-10-19(15,16)17/h3-10H2,1-2H3,(H2-,12,14,15,16,17)/p+1. The highest BCUT2D eigenvalue weighted by atomic mass is 32.2. The van der Waals surface area contributed by atoms with Crippen molar-refractivity contribution in [2.45, 2.75) is 26.7 Å². The first-order chi connectivity index (χ1) is 8.74. The SMILES string of the molecule is CC[N+](CC)(CCCCS(=O)(=O)O)CCOC(N)=O. The number of ether oxygens (including phenoxy) is 1. The van der Waals surface area contributed by atoms with Gasteiger partial charge >= 0.3 is 6.09 Å². The summed E-state index contributed by atoms with van der Waals surface area (Å²) in [6.45, 7) is 7.50. The molecule has 1 amide bonds. The molecule has 0 radical (unpaired) electrons. The van der Waals surface area contributed by atoms with E-state index in [4.69, 9.17) is 15.0 Å². The van der Waals surface area contributed by atoms with Gasteiger partial charge in [-0.05, 0) is 26.7 Å². The van der Waals surface area contributed by atoms with Crippen LogP contribution in [0.5, 0.6) is 0 Å². The summed E-state index contributed by atoms with van der Waals surface area (Å²) in [4.78, 5) is 10.5. The van der Waals surface area contributed by atoms with Crippen molar-refractivity contribution >= 4 is 16.2 Å². The van der Waals surface area contributed by atoms with Crippen LogP contribution in [-0.4, -0.2) is 62.1 Å². The monoisotopic (exact) mass is 297 g/mol. The van der Waals surface area contributed by atoms with Gasteiger partial charge in [-0.3, -0.25) is 4.55 Å². The Bertz CT molecular complexity index is 365. The van der Waals surface area contributed by atoms with Crippen LogP contribution in [0.4, 0.5) is 4.79 Å². The lowest BCUT2D eigenvalue weighted by Gasteiger charge is -2.36. The van der Waals surface area contributed by atoms with E-state index in [0.717, 1.165) is 24.1 Å². The molecule has 3 N–H and O–H groups in total. The molecule has 0 fully saturated rings. The smallest absolute Gasteiger partial charge is 0.404 e. The van der Waals surface area contributed by atoms with Crippen molar-refractivity contribution in [2.24, 2.45) is 5.73 Å². The van der Waals surface area contributed by atoms with Crippen molar-refractivity contribution in [3.05, 3.63) is 0 Å². The summed E-state index contributed by atoms with van der Waals surface area (Å²) in [5.41, 5.74) is 4.91. The van der Waals surface area contributed by atoms with Crippen LogP contribution in [0.15, 0.2) is 0 Å². The number of primary amides is 1. The van der Waals surface area contributed by atoms with Crippen molar-refractivity contribution in [3.8, 4) is 0 Å². The minimum Gasteiger partial charge on any atom is -0.444 e. The predicted molar refractivity (Wildman–Crippen MR) is 72.3 cm³/mol. The van der Waals surface area contributed by atoms with E-state index in [9.17, 15) is 13.2 Å². The summed E-state index contributed by atoms with van der Waals surface area (Å²) in [6, 6.07) is 0. The topological polar surface area (TPSA) is 107 Å². The number of amides is 1. The first-order valence-electron chi connectivity index (χ1n) is 6.47. The Hall–Kier alpha value is -0.860. The van der Waals surface area contributed by atoms with Crippen LogP contribution in [0, 0.1) is 0 Å². The van der Waals surface area contributed by atoms with Gasteiger partial charge in [-0.15, -0.1) is 0 Å². The zero-order valence-corrected chi connectivity index (χ0v) is 12.5. The first kappa shape index (κ1) is 18.1. The lowest BCUT2D eigenvalue weighted by atomic mass is 10.2. The Kier molecular flexibility index (Phi) is 7.96. The Morgan fingerprint density at radius 2 is 1.79 bits per heavy atom. The molecule has 0 aliphatic carbocycles. The fourth-order valence-electron chi connectivity index (χ4n) is 2.04. The number of carbonyl (C=O) groups excluding carboxylic acids is 1. The first-order valence-corrected chi connectivity index (χ1v) is 8.08. The maximum absolute atomic E-state index is 10.6. The van der Waals surface area contributed by atoms with Crippen LogP contribution >= 0.6 is 0 Å². The summed E-state index contributed by atoms with van der Waals surface area (Å²) >= 11 is 0. The minimum absolute atomic E-state index is 0.210. The summed E-state index contributed by atoms with van der Waals surface area (Å²) in [5.74, 6) is -0.210. The fourth-order valence-corrected chi connectivity index (χ4v) is 2.61. The minimum atomic E-state index is -3.88. The van der Waals surface area contributed by atoms with Crippen molar-refractivity contribution in [2.75, 3.05) is 38.5 Å². The van der Waals surface area contributed by atoms with Crippen LogP contribution in [-0.2, 0) is 14.9 Å². The third-order valence-corrected chi connectivity index (χ3v) is 4.24. The molecule has 114 valence electrons. The lowest BCUT2D eigenvalue weighted by Crippen LogP contribution is -2.50. The normalized spacial score (nSPS) is 12.4. The number of nitrogens with zero attached hydrogens (tertiary/aromatic N) is 1. The largest absolute Gasteiger partial charge is 0.444 e. The van der Waals surface area contributed by atoms with Crippen molar-refractivity contribution in [1.82, 2.24) is 0 Å². The van der Waals surface area contributed by atoms with Crippen molar-refractivity contribution in [1.29, 1.82) is 0 Å². The zero-order valence-electron chi connectivity index (χ0n) is 11.7. The van der Waals surface area contributed by atoms with Gasteiger partial charge in [0.1, 0.15) is 13.2 Å². The molecule has 0 heterocycles. The third kappa shape index (κ3) is 8.79. The highest BCUT2D eigenvalue weighted by molar-refractivity contribution is 7.85. The summed E-state index contributed by atoms with van der Waals surface area (Å²) < 4.78 is 35.4. The Balaban J connectivity index is 4.18. The predicted octanol–water partition coefficient (Wildman–Crippen LogP) is 0.606. The van der Waals surface area contributed by atoms with Gasteiger partial charge in [-0.25, -0.2) is 4.79 Å². The molecular weight excluding hydrogens is 272 g/mol. The number of carbonyl (C=O) groups is 1. The van der Waals surface area contributed by atoms with Gasteiger partial charge in [0.25, 0.3) is 10.1 Å². The molecule has 0 aliphatic rings. The van der Waals surface area contributed by atoms with E-state index in [1.54, 1.807) is 0 Å². The Morgan fingerprint density at radius 3 is 2.21 bits per heavy atom. The highest BCUT2D eigenvalue weighted by Crippen LogP contribution is 2.09. The molecule has 0 saturated carbocycles. The van der Waals surface area contributed by atoms with E-state index in [1.807, 2.05) is 13.8 Å². The van der Waals surface area contributed by atoms with E-state index >= 15 is 0 Å².